The van der Waals surface area contributed by atoms with E-state index in [4.69, 9.17) is 4.98 Å². The van der Waals surface area contributed by atoms with E-state index in [2.05, 4.69) is 33.0 Å². The second-order valence-corrected chi connectivity index (χ2v) is 8.02. The summed E-state index contributed by atoms with van der Waals surface area (Å²) in [7, 11) is 0. The molecule has 4 aromatic rings. The number of halogens is 1. The molecule has 2 aromatic carbocycles. The summed E-state index contributed by atoms with van der Waals surface area (Å²) in [6.07, 6.45) is 1.72. The standard InChI is InChI=1S/C21H16BrN3OS/c1-14-10-11-23-19(12-14)25-20(26)17-4-2-3-5-18(17)24-21(25)27-13-15-6-8-16(22)9-7-15/h2-12H,13H2,1H3. The lowest BCUT2D eigenvalue weighted by atomic mass is 10.2. The van der Waals surface area contributed by atoms with Crippen molar-refractivity contribution in [3.8, 4) is 5.82 Å². The maximum Gasteiger partial charge on any atom is 0.267 e. The van der Waals surface area contributed by atoms with Crippen LogP contribution >= 0.6 is 27.7 Å². The monoisotopic (exact) mass is 437 g/mol. The molecule has 6 heteroatoms. The zero-order valence-corrected chi connectivity index (χ0v) is 17.0. The van der Waals surface area contributed by atoms with E-state index in [1.54, 1.807) is 16.8 Å². The molecule has 0 fully saturated rings. The fraction of sp³-hybridized carbons (Fsp3) is 0.0952. The zero-order valence-electron chi connectivity index (χ0n) is 14.6. The van der Waals surface area contributed by atoms with Gasteiger partial charge in [0.2, 0.25) is 0 Å². The van der Waals surface area contributed by atoms with Gasteiger partial charge in [0, 0.05) is 16.4 Å². The molecule has 0 radical (unpaired) electrons. The first-order valence-corrected chi connectivity index (χ1v) is 10.2. The smallest absolute Gasteiger partial charge is 0.267 e. The summed E-state index contributed by atoms with van der Waals surface area (Å²) in [5.41, 5.74) is 2.81. The Morgan fingerprint density at radius 3 is 2.63 bits per heavy atom. The van der Waals surface area contributed by atoms with E-state index in [-0.39, 0.29) is 5.56 Å². The van der Waals surface area contributed by atoms with Crippen molar-refractivity contribution in [1.82, 2.24) is 14.5 Å². The van der Waals surface area contributed by atoms with Crippen LogP contribution in [0.5, 0.6) is 0 Å². The summed E-state index contributed by atoms with van der Waals surface area (Å²) in [4.78, 5) is 22.3. The maximum absolute atomic E-state index is 13.2. The minimum Gasteiger partial charge on any atom is -0.268 e. The quantitative estimate of drug-likeness (QED) is 0.327. The van der Waals surface area contributed by atoms with Crippen molar-refractivity contribution < 1.29 is 0 Å². The molecule has 0 amide bonds. The number of thioether (sulfide) groups is 1. The van der Waals surface area contributed by atoms with E-state index < -0.39 is 0 Å². The molecule has 0 saturated heterocycles. The summed E-state index contributed by atoms with van der Waals surface area (Å²) in [6.45, 7) is 1.99. The van der Waals surface area contributed by atoms with Gasteiger partial charge in [-0.3, -0.25) is 4.79 Å². The van der Waals surface area contributed by atoms with E-state index in [0.717, 1.165) is 15.6 Å². The first kappa shape index (κ1) is 17.9. The largest absolute Gasteiger partial charge is 0.268 e. The average molecular weight is 438 g/mol. The second kappa shape index (κ2) is 7.66. The Kier molecular flexibility index (Phi) is 5.09. The third kappa shape index (κ3) is 3.82. The molecule has 0 aliphatic rings. The lowest BCUT2D eigenvalue weighted by molar-refractivity contribution is 0.794. The Labute approximate surface area is 169 Å². The third-order valence-corrected chi connectivity index (χ3v) is 5.69. The third-order valence-electron chi connectivity index (χ3n) is 4.16. The number of rotatable bonds is 4. The van der Waals surface area contributed by atoms with Gasteiger partial charge in [-0.05, 0) is 54.4 Å². The Morgan fingerprint density at radius 1 is 1.07 bits per heavy atom. The highest BCUT2D eigenvalue weighted by atomic mass is 79.9. The number of nitrogens with zero attached hydrogens (tertiary/aromatic N) is 3. The molecule has 2 heterocycles. The molecule has 0 unspecified atom stereocenters. The van der Waals surface area contributed by atoms with E-state index in [9.17, 15) is 4.79 Å². The van der Waals surface area contributed by atoms with Crippen LogP contribution in [0.4, 0.5) is 0 Å². The van der Waals surface area contributed by atoms with Gasteiger partial charge in [0.1, 0.15) is 5.82 Å². The minimum absolute atomic E-state index is 0.1000. The van der Waals surface area contributed by atoms with Crippen molar-refractivity contribution in [2.24, 2.45) is 0 Å². The molecule has 134 valence electrons. The number of benzene rings is 2. The fourth-order valence-corrected chi connectivity index (χ4v) is 4.00. The van der Waals surface area contributed by atoms with Crippen LogP contribution in [0, 0.1) is 6.92 Å². The normalized spacial score (nSPS) is 11.0. The molecular weight excluding hydrogens is 422 g/mol. The highest BCUT2D eigenvalue weighted by Crippen LogP contribution is 2.25. The number of hydrogen-bond donors (Lipinski definition) is 0. The lowest BCUT2D eigenvalue weighted by Crippen LogP contribution is -2.22. The van der Waals surface area contributed by atoms with Crippen LogP contribution in [0.25, 0.3) is 16.7 Å². The van der Waals surface area contributed by atoms with Crippen molar-refractivity contribution in [1.29, 1.82) is 0 Å². The van der Waals surface area contributed by atoms with Crippen LogP contribution in [-0.4, -0.2) is 14.5 Å². The van der Waals surface area contributed by atoms with Gasteiger partial charge in [-0.1, -0.05) is 52.0 Å². The molecule has 0 bridgehead atoms. The van der Waals surface area contributed by atoms with Gasteiger partial charge in [-0.25, -0.2) is 14.5 Å². The molecular formula is C21H16BrN3OS. The highest BCUT2D eigenvalue weighted by Gasteiger charge is 2.14. The Morgan fingerprint density at radius 2 is 1.85 bits per heavy atom. The lowest BCUT2D eigenvalue weighted by Gasteiger charge is -2.13. The Bertz CT molecular complexity index is 1170. The van der Waals surface area contributed by atoms with E-state index in [0.29, 0.717) is 27.6 Å². The number of pyridine rings is 1. The van der Waals surface area contributed by atoms with E-state index in [1.165, 1.54) is 11.8 Å². The van der Waals surface area contributed by atoms with Crippen molar-refractivity contribution in [3.05, 3.63) is 92.8 Å². The molecule has 0 saturated carbocycles. The van der Waals surface area contributed by atoms with Crippen LogP contribution in [0.1, 0.15) is 11.1 Å². The summed E-state index contributed by atoms with van der Waals surface area (Å²) in [6, 6.07) is 19.4. The average Bonchev–Trinajstić information content (AvgIpc) is 2.68. The SMILES string of the molecule is Cc1ccnc(-n2c(SCc3ccc(Br)cc3)nc3ccccc3c2=O)c1. The number of aromatic nitrogens is 3. The molecule has 0 atom stereocenters. The van der Waals surface area contributed by atoms with Crippen molar-refractivity contribution in [3.63, 3.8) is 0 Å². The van der Waals surface area contributed by atoms with Crippen molar-refractivity contribution in [2.45, 2.75) is 17.8 Å². The molecule has 0 aliphatic carbocycles. The van der Waals surface area contributed by atoms with Crippen LogP contribution < -0.4 is 5.56 Å². The van der Waals surface area contributed by atoms with E-state index >= 15 is 0 Å². The van der Waals surface area contributed by atoms with Crippen LogP contribution in [-0.2, 0) is 5.75 Å². The summed E-state index contributed by atoms with van der Waals surface area (Å²) in [5, 5.41) is 1.23. The maximum atomic E-state index is 13.2. The predicted octanol–water partition coefficient (Wildman–Crippen LogP) is 5.14. The topological polar surface area (TPSA) is 47.8 Å². The highest BCUT2D eigenvalue weighted by molar-refractivity contribution is 9.10. The van der Waals surface area contributed by atoms with Gasteiger partial charge in [-0.2, -0.15) is 0 Å². The predicted molar refractivity (Wildman–Crippen MR) is 114 cm³/mol. The van der Waals surface area contributed by atoms with Crippen LogP contribution in [0.3, 0.4) is 0 Å². The molecule has 2 aromatic heterocycles. The summed E-state index contributed by atoms with van der Waals surface area (Å²) < 4.78 is 2.65. The summed E-state index contributed by atoms with van der Waals surface area (Å²) in [5.74, 6) is 1.31. The molecule has 0 aliphatic heterocycles. The zero-order chi connectivity index (χ0) is 18.8. The number of hydrogen-bond acceptors (Lipinski definition) is 4. The minimum atomic E-state index is -0.1000. The van der Waals surface area contributed by atoms with Gasteiger partial charge in [0.25, 0.3) is 5.56 Å². The first-order chi connectivity index (χ1) is 13.1. The first-order valence-electron chi connectivity index (χ1n) is 8.44. The molecule has 0 spiro atoms. The van der Waals surface area contributed by atoms with Crippen molar-refractivity contribution in [2.75, 3.05) is 0 Å². The van der Waals surface area contributed by atoms with Crippen LogP contribution in [0.15, 0.2) is 81.3 Å². The number of aryl methyl sites for hydroxylation is 1. The molecule has 0 N–H and O–H groups in total. The van der Waals surface area contributed by atoms with Gasteiger partial charge in [0.05, 0.1) is 10.9 Å². The van der Waals surface area contributed by atoms with Crippen molar-refractivity contribution >= 4 is 38.6 Å². The van der Waals surface area contributed by atoms with Gasteiger partial charge < -0.3 is 0 Å². The summed E-state index contributed by atoms with van der Waals surface area (Å²) >= 11 is 4.99. The number of fused-ring (bicyclic) bond motifs is 1. The molecule has 27 heavy (non-hydrogen) atoms. The number of para-hydroxylation sites is 1. The van der Waals surface area contributed by atoms with Gasteiger partial charge >= 0.3 is 0 Å². The Hall–Kier alpha value is -2.44. The molecule has 4 rings (SSSR count). The fourth-order valence-electron chi connectivity index (χ4n) is 2.78. The van der Waals surface area contributed by atoms with E-state index in [1.807, 2.05) is 49.4 Å². The second-order valence-electron chi connectivity index (χ2n) is 6.16. The molecule has 4 nitrogen and oxygen atoms in total. The van der Waals surface area contributed by atoms with Gasteiger partial charge in [-0.15, -0.1) is 0 Å². The van der Waals surface area contributed by atoms with Gasteiger partial charge in [0.15, 0.2) is 5.16 Å². The van der Waals surface area contributed by atoms with Crippen LogP contribution in [0.2, 0.25) is 0 Å². The Balaban J connectivity index is 1.83.